The van der Waals surface area contributed by atoms with Gasteiger partial charge in [0.2, 0.25) is 5.91 Å². The van der Waals surface area contributed by atoms with E-state index in [9.17, 15) is 18.0 Å². The van der Waals surface area contributed by atoms with Crippen molar-refractivity contribution in [3.8, 4) is 0 Å². The third-order valence-corrected chi connectivity index (χ3v) is 4.47. The van der Waals surface area contributed by atoms with Gasteiger partial charge in [0.1, 0.15) is 0 Å². The van der Waals surface area contributed by atoms with Crippen molar-refractivity contribution >= 4 is 27.4 Å². The lowest BCUT2D eigenvalue weighted by Crippen LogP contribution is -2.30. The molecular formula is C14H17NO6S. The number of aromatic carboxylic acids is 1. The van der Waals surface area contributed by atoms with Crippen LogP contribution in [0.5, 0.6) is 0 Å². The highest BCUT2D eigenvalue weighted by Crippen LogP contribution is 2.21. The smallest absolute Gasteiger partial charge is 0.335 e. The number of hydrogen-bond donors (Lipinski definition) is 2. The van der Waals surface area contributed by atoms with Gasteiger partial charge < -0.3 is 15.2 Å². The maximum Gasteiger partial charge on any atom is 0.335 e. The van der Waals surface area contributed by atoms with E-state index in [1.807, 2.05) is 0 Å². The maximum atomic E-state index is 12.1. The van der Waals surface area contributed by atoms with Crippen molar-refractivity contribution in [2.75, 3.05) is 24.8 Å². The van der Waals surface area contributed by atoms with Crippen molar-refractivity contribution in [2.45, 2.75) is 17.7 Å². The summed E-state index contributed by atoms with van der Waals surface area (Å²) in [4.78, 5) is 23.1. The Morgan fingerprint density at radius 1 is 1.32 bits per heavy atom. The minimum Gasteiger partial charge on any atom is -0.478 e. The molecule has 1 aromatic carbocycles. The lowest BCUT2D eigenvalue weighted by molar-refractivity contribution is -0.123. The van der Waals surface area contributed by atoms with E-state index in [2.05, 4.69) is 5.32 Å². The Morgan fingerprint density at radius 3 is 2.59 bits per heavy atom. The molecule has 1 unspecified atom stereocenters. The average molecular weight is 327 g/mol. The number of benzene rings is 1. The fourth-order valence-corrected chi connectivity index (χ4v) is 2.88. The fourth-order valence-electron chi connectivity index (χ4n) is 2.20. The molecule has 120 valence electrons. The molecule has 22 heavy (non-hydrogen) atoms. The van der Waals surface area contributed by atoms with Crippen LogP contribution in [0.25, 0.3) is 0 Å². The molecule has 7 nitrogen and oxygen atoms in total. The lowest BCUT2D eigenvalue weighted by Gasteiger charge is -2.21. The molecule has 1 heterocycles. The Morgan fingerprint density at radius 2 is 2.05 bits per heavy atom. The van der Waals surface area contributed by atoms with Gasteiger partial charge in [0.15, 0.2) is 9.84 Å². The molecule has 1 atom stereocenters. The topological polar surface area (TPSA) is 110 Å². The van der Waals surface area contributed by atoms with E-state index < -0.39 is 15.8 Å². The minimum absolute atomic E-state index is 0.149. The van der Waals surface area contributed by atoms with Crippen molar-refractivity contribution in [1.82, 2.24) is 0 Å². The zero-order valence-corrected chi connectivity index (χ0v) is 12.9. The summed E-state index contributed by atoms with van der Waals surface area (Å²) >= 11 is 0. The molecule has 0 bridgehead atoms. The van der Waals surface area contributed by atoms with Crippen LogP contribution in [0.1, 0.15) is 23.2 Å². The van der Waals surface area contributed by atoms with Crippen molar-refractivity contribution in [1.29, 1.82) is 0 Å². The number of anilines is 1. The SMILES string of the molecule is CS(=O)(=O)c1cc(NC(=O)C2CCCOC2)cc(C(=O)O)c1. The van der Waals surface area contributed by atoms with Crippen molar-refractivity contribution in [3.05, 3.63) is 23.8 Å². The first-order valence-electron chi connectivity index (χ1n) is 6.74. The molecule has 1 aromatic rings. The quantitative estimate of drug-likeness (QED) is 0.858. The normalized spacial score (nSPS) is 18.7. The highest BCUT2D eigenvalue weighted by atomic mass is 32.2. The highest BCUT2D eigenvalue weighted by molar-refractivity contribution is 7.90. The number of carboxylic acid groups (broad SMARTS) is 1. The number of amides is 1. The van der Waals surface area contributed by atoms with Crippen LogP contribution >= 0.6 is 0 Å². The first-order chi connectivity index (χ1) is 10.3. The molecule has 1 fully saturated rings. The number of hydrogen-bond acceptors (Lipinski definition) is 5. The maximum absolute atomic E-state index is 12.1. The minimum atomic E-state index is -3.58. The molecule has 0 aromatic heterocycles. The van der Waals surface area contributed by atoms with Crippen LogP contribution in [0.2, 0.25) is 0 Å². The molecule has 1 saturated heterocycles. The van der Waals surface area contributed by atoms with Crippen LogP contribution in [0.15, 0.2) is 23.1 Å². The van der Waals surface area contributed by atoms with E-state index in [1.54, 1.807) is 0 Å². The monoisotopic (exact) mass is 327 g/mol. The van der Waals surface area contributed by atoms with Gasteiger partial charge in [0.25, 0.3) is 0 Å². The Labute approximate surface area is 128 Å². The molecule has 0 radical (unpaired) electrons. The van der Waals surface area contributed by atoms with E-state index >= 15 is 0 Å². The second kappa shape index (κ2) is 6.45. The Kier molecular flexibility index (Phi) is 4.82. The summed E-state index contributed by atoms with van der Waals surface area (Å²) in [6.45, 7) is 0.930. The van der Waals surface area contributed by atoms with Crippen LogP contribution in [0.3, 0.4) is 0 Å². The predicted octanol–water partition coefficient (Wildman–Crippen LogP) is 1.15. The number of carbonyl (C=O) groups excluding carboxylic acids is 1. The van der Waals surface area contributed by atoms with Crippen molar-refractivity contribution in [2.24, 2.45) is 5.92 Å². The number of rotatable bonds is 4. The fraction of sp³-hybridized carbons (Fsp3) is 0.429. The van der Waals surface area contributed by atoms with Crippen LogP contribution in [-0.2, 0) is 19.4 Å². The molecule has 1 aliphatic heterocycles. The Hall–Kier alpha value is -1.93. The zero-order chi connectivity index (χ0) is 16.3. The molecule has 0 aliphatic carbocycles. The van der Waals surface area contributed by atoms with Crippen LogP contribution < -0.4 is 5.32 Å². The zero-order valence-electron chi connectivity index (χ0n) is 12.0. The molecule has 1 amide bonds. The van der Waals surface area contributed by atoms with Crippen LogP contribution in [0, 0.1) is 5.92 Å². The van der Waals surface area contributed by atoms with E-state index in [0.717, 1.165) is 18.7 Å². The van der Waals surface area contributed by atoms with Gasteiger partial charge in [0.05, 0.1) is 23.0 Å². The van der Waals surface area contributed by atoms with E-state index in [4.69, 9.17) is 9.84 Å². The standard InChI is InChI=1S/C14H17NO6S/c1-22(19,20)12-6-10(14(17)18)5-11(7-12)15-13(16)9-3-2-4-21-8-9/h5-7,9H,2-4,8H2,1H3,(H,15,16)(H,17,18). The number of sulfone groups is 1. The third kappa shape index (κ3) is 4.05. The number of ether oxygens (including phenoxy) is 1. The van der Waals surface area contributed by atoms with Gasteiger partial charge in [-0.05, 0) is 31.0 Å². The lowest BCUT2D eigenvalue weighted by atomic mass is 10.0. The van der Waals surface area contributed by atoms with E-state index in [1.165, 1.54) is 12.1 Å². The summed E-state index contributed by atoms with van der Waals surface area (Å²) in [5.41, 5.74) is -0.0472. The van der Waals surface area contributed by atoms with Crippen molar-refractivity contribution < 1.29 is 27.9 Å². The van der Waals surface area contributed by atoms with Gasteiger partial charge in [-0.2, -0.15) is 0 Å². The summed E-state index contributed by atoms with van der Waals surface area (Å²) in [5, 5.41) is 11.6. The number of nitrogens with one attached hydrogen (secondary N) is 1. The number of carbonyl (C=O) groups is 2. The molecule has 8 heteroatoms. The first-order valence-corrected chi connectivity index (χ1v) is 8.63. The van der Waals surface area contributed by atoms with Gasteiger partial charge in [-0.25, -0.2) is 13.2 Å². The Balaban J connectivity index is 2.27. The average Bonchev–Trinajstić information content (AvgIpc) is 2.46. The molecule has 0 spiro atoms. The molecular weight excluding hydrogens is 310 g/mol. The van der Waals surface area contributed by atoms with Crippen molar-refractivity contribution in [3.63, 3.8) is 0 Å². The summed E-state index contributed by atoms with van der Waals surface area (Å²) in [6.07, 6.45) is 2.44. The summed E-state index contributed by atoms with van der Waals surface area (Å²) in [5.74, 6) is -1.88. The number of carboxylic acids is 1. The molecule has 2 rings (SSSR count). The second-order valence-electron chi connectivity index (χ2n) is 5.23. The van der Waals surface area contributed by atoms with Crippen LogP contribution in [-0.4, -0.2) is 44.9 Å². The third-order valence-electron chi connectivity index (χ3n) is 3.38. The first kappa shape index (κ1) is 16.4. The molecule has 0 saturated carbocycles. The predicted molar refractivity (Wildman–Crippen MR) is 78.7 cm³/mol. The second-order valence-corrected chi connectivity index (χ2v) is 7.24. The highest BCUT2D eigenvalue weighted by Gasteiger charge is 2.22. The molecule has 1 aliphatic rings. The Bertz CT molecular complexity index is 691. The molecule has 2 N–H and O–H groups in total. The largest absolute Gasteiger partial charge is 0.478 e. The van der Waals surface area contributed by atoms with E-state index in [0.29, 0.717) is 19.6 Å². The summed E-state index contributed by atoms with van der Waals surface area (Å²) in [6, 6.07) is 3.55. The van der Waals surface area contributed by atoms with E-state index in [-0.39, 0.29) is 28.0 Å². The summed E-state index contributed by atoms with van der Waals surface area (Å²) < 4.78 is 28.5. The van der Waals surface area contributed by atoms with Gasteiger partial charge in [-0.1, -0.05) is 0 Å². The summed E-state index contributed by atoms with van der Waals surface area (Å²) in [7, 11) is -3.58. The van der Waals surface area contributed by atoms with Gasteiger partial charge >= 0.3 is 5.97 Å². The van der Waals surface area contributed by atoms with Gasteiger partial charge in [0, 0.05) is 18.6 Å². The van der Waals surface area contributed by atoms with Gasteiger partial charge in [-0.3, -0.25) is 4.79 Å². The van der Waals surface area contributed by atoms with Crippen LogP contribution in [0.4, 0.5) is 5.69 Å². The van der Waals surface area contributed by atoms with Gasteiger partial charge in [-0.15, -0.1) is 0 Å².